The molecule has 25 heavy (non-hydrogen) atoms. The van der Waals surface area contributed by atoms with Gasteiger partial charge in [0.05, 0.1) is 16.6 Å². The number of nitrogens with one attached hydrogen (secondary N) is 1. The molecule has 0 saturated heterocycles. The average molecular weight is 378 g/mol. The van der Waals surface area contributed by atoms with Gasteiger partial charge in [-0.05, 0) is 24.3 Å². The molecule has 2 aromatic carbocycles. The number of benzene rings is 2. The molecule has 0 saturated carbocycles. The van der Waals surface area contributed by atoms with E-state index in [0.717, 1.165) is 0 Å². The third-order valence-electron chi connectivity index (χ3n) is 3.22. The van der Waals surface area contributed by atoms with Crippen LogP contribution in [0.15, 0.2) is 53.1 Å². The standard InChI is InChI=1S/C17H13Cl2N3O3/c18-12-6-2-1-5-11(12)17-21-16(25-22-17)9-20-15(23)10-24-14-8-4-3-7-13(14)19/h1-8H,9-10H2,(H,20,23). The summed E-state index contributed by atoms with van der Waals surface area (Å²) in [6.45, 7) is -0.0859. The smallest absolute Gasteiger partial charge is 0.258 e. The normalized spacial score (nSPS) is 10.5. The number of carbonyl (C=O) groups is 1. The van der Waals surface area contributed by atoms with E-state index < -0.39 is 0 Å². The van der Waals surface area contributed by atoms with Crippen molar-refractivity contribution in [2.24, 2.45) is 0 Å². The van der Waals surface area contributed by atoms with Crippen LogP contribution in [-0.2, 0) is 11.3 Å². The lowest BCUT2D eigenvalue weighted by molar-refractivity contribution is -0.123. The number of rotatable bonds is 6. The van der Waals surface area contributed by atoms with Crippen LogP contribution in [-0.4, -0.2) is 22.7 Å². The molecule has 6 nitrogen and oxygen atoms in total. The van der Waals surface area contributed by atoms with E-state index in [4.69, 9.17) is 32.5 Å². The minimum atomic E-state index is -0.336. The van der Waals surface area contributed by atoms with Gasteiger partial charge in [0.15, 0.2) is 6.61 Å². The molecule has 0 aliphatic carbocycles. The van der Waals surface area contributed by atoms with Crippen LogP contribution < -0.4 is 10.1 Å². The number of hydrogen-bond acceptors (Lipinski definition) is 5. The largest absolute Gasteiger partial charge is 0.482 e. The Morgan fingerprint density at radius 2 is 1.80 bits per heavy atom. The molecular formula is C17H13Cl2N3O3. The Labute approximate surface area is 153 Å². The van der Waals surface area contributed by atoms with Crippen LogP contribution >= 0.6 is 23.2 Å². The summed E-state index contributed by atoms with van der Waals surface area (Å²) in [6.07, 6.45) is 0. The SMILES string of the molecule is O=C(COc1ccccc1Cl)NCc1nc(-c2ccccc2Cl)no1. The molecule has 3 aromatic rings. The van der Waals surface area contributed by atoms with Crippen molar-refractivity contribution < 1.29 is 14.1 Å². The van der Waals surface area contributed by atoms with Gasteiger partial charge in [-0.1, -0.05) is 52.6 Å². The molecule has 1 heterocycles. The summed E-state index contributed by atoms with van der Waals surface area (Å²) < 4.78 is 10.5. The number of nitrogens with zero attached hydrogens (tertiary/aromatic N) is 2. The molecule has 1 N–H and O–H groups in total. The quantitative estimate of drug-likeness (QED) is 0.707. The zero-order valence-electron chi connectivity index (χ0n) is 12.9. The van der Waals surface area contributed by atoms with Gasteiger partial charge in [0, 0.05) is 5.56 Å². The fourth-order valence-corrected chi connectivity index (χ4v) is 2.42. The van der Waals surface area contributed by atoms with Gasteiger partial charge in [0.2, 0.25) is 11.7 Å². The lowest BCUT2D eigenvalue weighted by atomic mass is 10.2. The van der Waals surface area contributed by atoms with E-state index in [1.165, 1.54) is 0 Å². The summed E-state index contributed by atoms with van der Waals surface area (Å²) in [6, 6.07) is 14.1. The van der Waals surface area contributed by atoms with Crippen LogP contribution in [0.25, 0.3) is 11.4 Å². The van der Waals surface area contributed by atoms with Crippen LogP contribution in [0.1, 0.15) is 5.89 Å². The van der Waals surface area contributed by atoms with Crippen LogP contribution in [0.5, 0.6) is 5.75 Å². The summed E-state index contributed by atoms with van der Waals surface area (Å²) in [4.78, 5) is 16.0. The first-order valence-corrected chi connectivity index (χ1v) is 8.10. The molecule has 0 aliphatic heterocycles. The fraction of sp³-hybridized carbons (Fsp3) is 0.118. The van der Waals surface area contributed by atoms with Crippen molar-refractivity contribution in [1.29, 1.82) is 0 Å². The van der Waals surface area contributed by atoms with E-state index in [1.54, 1.807) is 36.4 Å². The first kappa shape index (κ1) is 17.3. The Hall–Kier alpha value is -2.57. The molecule has 0 unspecified atom stereocenters. The minimum Gasteiger partial charge on any atom is -0.482 e. The lowest BCUT2D eigenvalue weighted by Gasteiger charge is -2.07. The van der Waals surface area contributed by atoms with Crippen molar-refractivity contribution in [2.45, 2.75) is 6.54 Å². The molecule has 0 fully saturated rings. The lowest BCUT2D eigenvalue weighted by Crippen LogP contribution is -2.28. The van der Waals surface area contributed by atoms with Crippen LogP contribution in [0, 0.1) is 0 Å². The van der Waals surface area contributed by atoms with Gasteiger partial charge >= 0.3 is 0 Å². The van der Waals surface area contributed by atoms with Gasteiger partial charge < -0.3 is 14.6 Å². The predicted molar refractivity (Wildman–Crippen MR) is 93.5 cm³/mol. The molecule has 0 atom stereocenters. The van der Waals surface area contributed by atoms with Crippen molar-refractivity contribution in [1.82, 2.24) is 15.5 Å². The third kappa shape index (κ3) is 4.49. The monoisotopic (exact) mass is 377 g/mol. The van der Waals surface area contributed by atoms with E-state index >= 15 is 0 Å². The second-order valence-electron chi connectivity index (χ2n) is 4.99. The molecule has 1 amide bonds. The Morgan fingerprint density at radius 1 is 1.08 bits per heavy atom. The van der Waals surface area contributed by atoms with Crippen molar-refractivity contribution in [2.75, 3.05) is 6.61 Å². The topological polar surface area (TPSA) is 77.2 Å². The molecule has 0 aliphatic rings. The van der Waals surface area contributed by atoms with E-state index in [9.17, 15) is 4.79 Å². The van der Waals surface area contributed by atoms with E-state index in [2.05, 4.69) is 15.5 Å². The highest BCUT2D eigenvalue weighted by Crippen LogP contribution is 2.25. The third-order valence-corrected chi connectivity index (χ3v) is 3.86. The van der Waals surface area contributed by atoms with Crippen LogP contribution in [0.3, 0.4) is 0 Å². The highest BCUT2D eigenvalue weighted by Gasteiger charge is 2.12. The maximum absolute atomic E-state index is 11.8. The molecule has 0 radical (unpaired) electrons. The number of amides is 1. The highest BCUT2D eigenvalue weighted by atomic mass is 35.5. The van der Waals surface area contributed by atoms with Gasteiger partial charge in [-0.15, -0.1) is 0 Å². The Morgan fingerprint density at radius 3 is 2.56 bits per heavy atom. The van der Waals surface area contributed by atoms with Crippen LogP contribution in [0.2, 0.25) is 10.0 Å². The molecule has 1 aromatic heterocycles. The predicted octanol–water partition coefficient (Wildman–Crippen LogP) is 3.74. The summed E-state index contributed by atoms with van der Waals surface area (Å²) in [5.74, 6) is 0.735. The second kappa shape index (κ2) is 8.00. The molecule has 128 valence electrons. The van der Waals surface area contributed by atoms with Gasteiger partial charge in [-0.25, -0.2) is 0 Å². The van der Waals surface area contributed by atoms with Crippen molar-refractivity contribution in [3.8, 4) is 17.1 Å². The zero-order chi connectivity index (χ0) is 17.6. The minimum absolute atomic E-state index is 0.0855. The number of para-hydroxylation sites is 1. The number of carbonyl (C=O) groups excluding carboxylic acids is 1. The number of aromatic nitrogens is 2. The molecular weight excluding hydrogens is 365 g/mol. The highest BCUT2D eigenvalue weighted by molar-refractivity contribution is 6.33. The average Bonchev–Trinajstić information content (AvgIpc) is 3.08. The zero-order valence-corrected chi connectivity index (χ0v) is 14.4. The van der Waals surface area contributed by atoms with Gasteiger partial charge in [0.25, 0.3) is 5.91 Å². The van der Waals surface area contributed by atoms with Gasteiger partial charge in [-0.2, -0.15) is 4.98 Å². The maximum Gasteiger partial charge on any atom is 0.258 e. The second-order valence-corrected chi connectivity index (χ2v) is 5.80. The summed E-state index contributed by atoms with van der Waals surface area (Å²) in [5.41, 5.74) is 0.660. The fourth-order valence-electron chi connectivity index (χ4n) is 2.01. The summed E-state index contributed by atoms with van der Waals surface area (Å²) >= 11 is 12.0. The molecule has 0 bridgehead atoms. The number of hydrogen-bond donors (Lipinski definition) is 1. The molecule has 3 rings (SSSR count). The van der Waals surface area contributed by atoms with Crippen molar-refractivity contribution in [3.63, 3.8) is 0 Å². The number of ether oxygens (including phenoxy) is 1. The Kier molecular flexibility index (Phi) is 5.53. The van der Waals surface area contributed by atoms with Gasteiger partial charge in [0.1, 0.15) is 5.75 Å². The van der Waals surface area contributed by atoms with E-state index in [1.807, 2.05) is 12.1 Å². The van der Waals surface area contributed by atoms with Crippen molar-refractivity contribution in [3.05, 3.63) is 64.5 Å². The van der Waals surface area contributed by atoms with E-state index in [0.29, 0.717) is 27.2 Å². The summed E-state index contributed by atoms with van der Waals surface area (Å²) in [7, 11) is 0. The first-order chi connectivity index (χ1) is 12.1. The molecule has 8 heteroatoms. The van der Waals surface area contributed by atoms with Crippen molar-refractivity contribution >= 4 is 29.1 Å². The van der Waals surface area contributed by atoms with E-state index in [-0.39, 0.29) is 24.9 Å². The van der Waals surface area contributed by atoms with Gasteiger partial charge in [-0.3, -0.25) is 4.79 Å². The van der Waals surface area contributed by atoms with Crippen LogP contribution in [0.4, 0.5) is 0 Å². The Balaban J connectivity index is 1.53. The molecule has 0 spiro atoms. The Bertz CT molecular complexity index is 883. The summed E-state index contributed by atoms with van der Waals surface area (Å²) in [5, 5.41) is 7.45. The number of halogens is 2. The maximum atomic E-state index is 11.8. The first-order valence-electron chi connectivity index (χ1n) is 7.35.